The SMILES string of the molecule is CCOc1ccc(N2C(=O)/C(=C\c3cccc(Br)c3)NC2=S)cc1. The number of amides is 1. The standard InChI is InChI=1S/C18H15BrN2O2S/c1-2-23-15-8-6-14(7-9-15)21-17(22)16(20-18(21)24)11-12-4-3-5-13(19)10-12/h3-11H,2H2,1H3,(H,20,24)/b16-11+. The second-order valence-corrected chi connectivity index (χ2v) is 6.41. The zero-order valence-electron chi connectivity index (χ0n) is 13.0. The maximum absolute atomic E-state index is 12.7. The van der Waals surface area contributed by atoms with Gasteiger partial charge in [-0.25, -0.2) is 0 Å². The van der Waals surface area contributed by atoms with Crippen molar-refractivity contribution in [3.05, 3.63) is 64.3 Å². The predicted octanol–water partition coefficient (Wildman–Crippen LogP) is 4.11. The number of nitrogens with one attached hydrogen (secondary N) is 1. The van der Waals surface area contributed by atoms with E-state index in [1.54, 1.807) is 6.08 Å². The van der Waals surface area contributed by atoms with E-state index in [-0.39, 0.29) is 5.91 Å². The molecule has 0 spiro atoms. The molecule has 1 saturated heterocycles. The summed E-state index contributed by atoms with van der Waals surface area (Å²) in [6.45, 7) is 2.53. The molecular formula is C18H15BrN2O2S. The molecule has 1 heterocycles. The van der Waals surface area contributed by atoms with Gasteiger partial charge in [-0.1, -0.05) is 28.1 Å². The maximum Gasteiger partial charge on any atom is 0.281 e. The second kappa shape index (κ2) is 7.15. The molecule has 6 heteroatoms. The Bertz CT molecular complexity index is 818. The summed E-state index contributed by atoms with van der Waals surface area (Å²) >= 11 is 8.74. The number of anilines is 1. The molecule has 1 fully saturated rings. The number of benzene rings is 2. The topological polar surface area (TPSA) is 41.6 Å². The summed E-state index contributed by atoms with van der Waals surface area (Å²) in [5.74, 6) is 0.584. The van der Waals surface area contributed by atoms with Crippen molar-refractivity contribution in [1.82, 2.24) is 5.32 Å². The summed E-state index contributed by atoms with van der Waals surface area (Å²) < 4.78 is 6.37. The molecule has 0 radical (unpaired) electrons. The van der Waals surface area contributed by atoms with Crippen molar-refractivity contribution < 1.29 is 9.53 Å². The van der Waals surface area contributed by atoms with E-state index in [1.165, 1.54) is 4.90 Å². The van der Waals surface area contributed by atoms with Crippen LogP contribution in [0, 0.1) is 0 Å². The number of thiocarbonyl (C=S) groups is 1. The van der Waals surface area contributed by atoms with Crippen LogP contribution in [-0.4, -0.2) is 17.6 Å². The highest BCUT2D eigenvalue weighted by Crippen LogP contribution is 2.25. The van der Waals surface area contributed by atoms with Crippen LogP contribution >= 0.6 is 28.1 Å². The number of hydrogen-bond donors (Lipinski definition) is 1. The average molecular weight is 403 g/mol. The van der Waals surface area contributed by atoms with Crippen LogP contribution in [0.3, 0.4) is 0 Å². The number of hydrogen-bond acceptors (Lipinski definition) is 3. The number of ether oxygens (including phenoxy) is 1. The zero-order valence-corrected chi connectivity index (χ0v) is 15.4. The summed E-state index contributed by atoms with van der Waals surface area (Å²) in [6.07, 6.45) is 1.79. The molecular weight excluding hydrogens is 388 g/mol. The number of carbonyl (C=O) groups is 1. The van der Waals surface area contributed by atoms with Gasteiger partial charge >= 0.3 is 0 Å². The maximum atomic E-state index is 12.7. The highest BCUT2D eigenvalue weighted by atomic mass is 79.9. The Hall–Kier alpha value is -2.18. The van der Waals surface area contributed by atoms with Crippen molar-refractivity contribution >= 4 is 50.9 Å². The molecule has 2 aromatic carbocycles. The quantitative estimate of drug-likeness (QED) is 0.616. The van der Waals surface area contributed by atoms with Crippen LogP contribution in [-0.2, 0) is 4.79 Å². The fraction of sp³-hybridized carbons (Fsp3) is 0.111. The van der Waals surface area contributed by atoms with Gasteiger partial charge in [0.05, 0.1) is 12.3 Å². The van der Waals surface area contributed by atoms with Gasteiger partial charge in [-0.15, -0.1) is 0 Å². The fourth-order valence-electron chi connectivity index (χ4n) is 2.39. The molecule has 1 aliphatic heterocycles. The molecule has 0 bridgehead atoms. The second-order valence-electron chi connectivity index (χ2n) is 5.11. The van der Waals surface area contributed by atoms with Crippen molar-refractivity contribution in [3.8, 4) is 5.75 Å². The lowest BCUT2D eigenvalue weighted by Gasteiger charge is -2.14. The third-order valence-electron chi connectivity index (χ3n) is 3.44. The highest BCUT2D eigenvalue weighted by molar-refractivity contribution is 9.10. The van der Waals surface area contributed by atoms with Gasteiger partial charge < -0.3 is 10.1 Å². The van der Waals surface area contributed by atoms with Crippen LogP contribution in [0.2, 0.25) is 0 Å². The summed E-state index contributed by atoms with van der Waals surface area (Å²) in [4.78, 5) is 14.2. The smallest absolute Gasteiger partial charge is 0.281 e. The van der Waals surface area contributed by atoms with Crippen molar-refractivity contribution in [1.29, 1.82) is 0 Å². The minimum Gasteiger partial charge on any atom is -0.494 e. The summed E-state index contributed by atoms with van der Waals surface area (Å²) in [7, 11) is 0. The van der Waals surface area contributed by atoms with Crippen LogP contribution in [0.4, 0.5) is 5.69 Å². The monoisotopic (exact) mass is 402 g/mol. The predicted molar refractivity (Wildman–Crippen MR) is 103 cm³/mol. The molecule has 0 saturated carbocycles. The van der Waals surface area contributed by atoms with Gasteiger partial charge in [-0.3, -0.25) is 9.69 Å². The number of halogens is 1. The molecule has 1 amide bonds. The van der Waals surface area contributed by atoms with E-state index < -0.39 is 0 Å². The van der Waals surface area contributed by atoms with Crippen molar-refractivity contribution in [3.63, 3.8) is 0 Å². The van der Waals surface area contributed by atoms with E-state index in [4.69, 9.17) is 17.0 Å². The lowest BCUT2D eigenvalue weighted by Crippen LogP contribution is -2.30. The van der Waals surface area contributed by atoms with Crippen LogP contribution in [0.1, 0.15) is 12.5 Å². The molecule has 2 aromatic rings. The zero-order chi connectivity index (χ0) is 17.1. The molecule has 24 heavy (non-hydrogen) atoms. The van der Waals surface area contributed by atoms with Crippen molar-refractivity contribution in [2.24, 2.45) is 0 Å². The van der Waals surface area contributed by atoms with Crippen LogP contribution in [0.15, 0.2) is 58.7 Å². The number of carbonyl (C=O) groups excluding carboxylic acids is 1. The van der Waals surface area contributed by atoms with E-state index in [2.05, 4.69) is 21.2 Å². The number of nitrogens with zero attached hydrogens (tertiary/aromatic N) is 1. The average Bonchev–Trinajstić information content (AvgIpc) is 2.83. The van der Waals surface area contributed by atoms with Gasteiger partial charge in [0.15, 0.2) is 5.11 Å². The van der Waals surface area contributed by atoms with Gasteiger partial charge in [-0.2, -0.15) is 0 Å². The number of rotatable bonds is 4. The first kappa shape index (κ1) is 16.7. The first-order valence-corrected chi connectivity index (χ1v) is 8.64. The largest absolute Gasteiger partial charge is 0.494 e. The van der Waals surface area contributed by atoms with E-state index >= 15 is 0 Å². The third-order valence-corrected chi connectivity index (χ3v) is 4.22. The first-order valence-electron chi connectivity index (χ1n) is 7.44. The molecule has 4 nitrogen and oxygen atoms in total. The van der Waals surface area contributed by atoms with Gasteiger partial charge in [0.1, 0.15) is 11.4 Å². The normalized spacial score (nSPS) is 15.8. The Labute approximate surface area is 154 Å². The molecule has 0 unspecified atom stereocenters. The fourth-order valence-corrected chi connectivity index (χ4v) is 3.11. The Kier molecular flexibility index (Phi) is 4.97. The molecule has 0 aromatic heterocycles. The van der Waals surface area contributed by atoms with Gasteiger partial charge in [0.25, 0.3) is 5.91 Å². The first-order chi connectivity index (χ1) is 11.6. The highest BCUT2D eigenvalue weighted by Gasteiger charge is 2.31. The Morgan fingerprint density at radius 1 is 1.25 bits per heavy atom. The van der Waals surface area contributed by atoms with Crippen LogP contribution < -0.4 is 15.0 Å². The Balaban J connectivity index is 1.86. The van der Waals surface area contributed by atoms with Crippen LogP contribution in [0.25, 0.3) is 6.08 Å². The molecule has 0 aliphatic carbocycles. The molecule has 0 atom stereocenters. The van der Waals surface area contributed by atoms with Gasteiger partial charge in [-0.05, 0) is 67.2 Å². The lowest BCUT2D eigenvalue weighted by molar-refractivity contribution is -0.113. The van der Waals surface area contributed by atoms with Crippen molar-refractivity contribution in [2.45, 2.75) is 6.92 Å². The lowest BCUT2D eigenvalue weighted by atomic mass is 10.2. The van der Waals surface area contributed by atoms with Gasteiger partial charge in [0.2, 0.25) is 0 Å². The molecule has 122 valence electrons. The summed E-state index contributed by atoms with van der Waals surface area (Å²) in [5, 5.41) is 3.35. The van der Waals surface area contributed by atoms with Crippen molar-refractivity contribution in [2.75, 3.05) is 11.5 Å². The van der Waals surface area contributed by atoms with Crippen LogP contribution in [0.5, 0.6) is 5.75 Å². The summed E-state index contributed by atoms with van der Waals surface area (Å²) in [5.41, 5.74) is 2.07. The van der Waals surface area contributed by atoms with E-state index in [0.717, 1.165) is 15.8 Å². The van der Waals surface area contributed by atoms with E-state index in [1.807, 2.05) is 55.5 Å². The van der Waals surface area contributed by atoms with Gasteiger partial charge in [0, 0.05) is 4.47 Å². The minimum atomic E-state index is -0.177. The summed E-state index contributed by atoms with van der Waals surface area (Å²) in [6, 6.07) is 15.0. The minimum absolute atomic E-state index is 0.177. The molecule has 1 aliphatic rings. The third kappa shape index (κ3) is 3.49. The molecule has 1 N–H and O–H groups in total. The Morgan fingerprint density at radius 3 is 2.67 bits per heavy atom. The van der Waals surface area contributed by atoms with E-state index in [9.17, 15) is 4.79 Å². The molecule has 3 rings (SSSR count). The Morgan fingerprint density at radius 2 is 2.00 bits per heavy atom. The van der Waals surface area contributed by atoms with E-state index in [0.29, 0.717) is 23.1 Å².